The maximum Gasteiger partial charge on any atom is 0.244 e. The molecule has 1 saturated heterocycles. The average molecular weight is 353 g/mol. The summed E-state index contributed by atoms with van der Waals surface area (Å²) in [6.07, 6.45) is 0. The van der Waals surface area contributed by atoms with Gasteiger partial charge in [0, 0.05) is 38.3 Å². The normalized spacial score (nSPS) is 16.3. The van der Waals surface area contributed by atoms with Gasteiger partial charge in [0.05, 0.1) is 7.11 Å². The van der Waals surface area contributed by atoms with Crippen molar-refractivity contribution in [2.75, 3.05) is 33.3 Å². The monoisotopic (exact) mass is 353 g/mol. The first-order valence-electron chi connectivity index (χ1n) is 9.03. The van der Waals surface area contributed by atoms with Crippen molar-refractivity contribution in [2.45, 2.75) is 19.5 Å². The van der Waals surface area contributed by atoms with Crippen LogP contribution in [0.3, 0.4) is 0 Å². The zero-order valence-electron chi connectivity index (χ0n) is 15.5. The lowest BCUT2D eigenvalue weighted by atomic mass is 10.0. The second kappa shape index (κ2) is 8.34. The maximum absolute atomic E-state index is 12.7. The van der Waals surface area contributed by atoms with E-state index in [0.717, 1.165) is 30.9 Å². The minimum absolute atomic E-state index is 0.00537. The van der Waals surface area contributed by atoms with Crippen molar-refractivity contribution < 1.29 is 9.53 Å². The van der Waals surface area contributed by atoms with E-state index >= 15 is 0 Å². The number of nitrogens with zero attached hydrogens (tertiary/aromatic N) is 2. The Kier molecular flexibility index (Phi) is 5.91. The Morgan fingerprint density at radius 2 is 1.73 bits per heavy atom. The molecule has 1 heterocycles. The number of piperazine rings is 1. The van der Waals surface area contributed by atoms with Crippen LogP contribution in [0, 0.1) is 6.92 Å². The molecule has 138 valence electrons. The summed E-state index contributed by atoms with van der Waals surface area (Å²) in [5.41, 5.74) is 9.40. The molecule has 2 aromatic carbocycles. The molecule has 2 aromatic rings. The Bertz CT molecular complexity index is 737. The number of nitrogens with two attached hydrogens (primary N) is 1. The van der Waals surface area contributed by atoms with Gasteiger partial charge in [-0.3, -0.25) is 9.69 Å². The molecule has 2 N–H and O–H groups in total. The number of aryl methyl sites for hydroxylation is 1. The fraction of sp³-hybridized carbons (Fsp3) is 0.381. The summed E-state index contributed by atoms with van der Waals surface area (Å²) in [5, 5.41) is 0. The van der Waals surface area contributed by atoms with Crippen molar-refractivity contribution in [3.05, 3.63) is 65.2 Å². The molecule has 1 unspecified atom stereocenters. The van der Waals surface area contributed by atoms with Crippen LogP contribution in [0.25, 0.3) is 0 Å². The molecule has 0 bridgehead atoms. The van der Waals surface area contributed by atoms with Crippen LogP contribution in [-0.4, -0.2) is 49.0 Å². The lowest BCUT2D eigenvalue weighted by molar-refractivity contribution is -0.134. The van der Waals surface area contributed by atoms with E-state index < -0.39 is 6.04 Å². The predicted octanol–water partition coefficient (Wildman–Crippen LogP) is 2.35. The Labute approximate surface area is 155 Å². The molecule has 1 aliphatic rings. The number of amides is 1. The van der Waals surface area contributed by atoms with Crippen LogP contribution in [0.5, 0.6) is 5.75 Å². The third kappa shape index (κ3) is 4.23. The Morgan fingerprint density at radius 1 is 1.08 bits per heavy atom. The van der Waals surface area contributed by atoms with Gasteiger partial charge in [-0.05, 0) is 18.6 Å². The molecule has 26 heavy (non-hydrogen) atoms. The number of carbonyl (C=O) groups excluding carboxylic acids is 1. The zero-order valence-corrected chi connectivity index (χ0v) is 15.5. The van der Waals surface area contributed by atoms with Crippen LogP contribution in [0.15, 0.2) is 48.5 Å². The Morgan fingerprint density at radius 3 is 2.38 bits per heavy atom. The molecule has 1 amide bonds. The predicted molar refractivity (Wildman–Crippen MR) is 103 cm³/mol. The van der Waals surface area contributed by atoms with E-state index in [1.54, 1.807) is 7.11 Å². The molecular weight excluding hydrogens is 326 g/mol. The molecule has 0 radical (unpaired) electrons. The summed E-state index contributed by atoms with van der Waals surface area (Å²) in [6.45, 7) is 5.93. The molecule has 5 nitrogen and oxygen atoms in total. The summed E-state index contributed by atoms with van der Waals surface area (Å²) < 4.78 is 5.43. The van der Waals surface area contributed by atoms with Gasteiger partial charge >= 0.3 is 0 Å². The fourth-order valence-electron chi connectivity index (χ4n) is 3.31. The van der Waals surface area contributed by atoms with Crippen molar-refractivity contribution in [3.63, 3.8) is 0 Å². The minimum Gasteiger partial charge on any atom is -0.496 e. The highest BCUT2D eigenvalue weighted by Gasteiger charge is 2.26. The van der Waals surface area contributed by atoms with Gasteiger partial charge in [-0.1, -0.05) is 48.0 Å². The average Bonchev–Trinajstić information content (AvgIpc) is 2.68. The summed E-state index contributed by atoms with van der Waals surface area (Å²) in [7, 11) is 1.70. The smallest absolute Gasteiger partial charge is 0.244 e. The van der Waals surface area contributed by atoms with E-state index in [4.69, 9.17) is 10.5 Å². The molecule has 3 rings (SSSR count). The number of ether oxygens (including phenoxy) is 1. The maximum atomic E-state index is 12.7. The van der Waals surface area contributed by atoms with Crippen molar-refractivity contribution >= 4 is 5.91 Å². The number of carbonyl (C=O) groups is 1. The number of rotatable bonds is 5. The van der Waals surface area contributed by atoms with Crippen LogP contribution in [0.2, 0.25) is 0 Å². The molecular formula is C21H27N3O2. The van der Waals surface area contributed by atoms with Crippen molar-refractivity contribution in [1.82, 2.24) is 9.80 Å². The van der Waals surface area contributed by atoms with Gasteiger partial charge in [0.1, 0.15) is 11.8 Å². The van der Waals surface area contributed by atoms with E-state index in [1.807, 2.05) is 54.3 Å². The van der Waals surface area contributed by atoms with Crippen molar-refractivity contribution in [3.8, 4) is 5.75 Å². The van der Waals surface area contributed by atoms with Crippen LogP contribution >= 0.6 is 0 Å². The molecule has 0 aliphatic carbocycles. The van der Waals surface area contributed by atoms with Gasteiger partial charge in [-0.25, -0.2) is 0 Å². The third-order valence-electron chi connectivity index (χ3n) is 4.97. The van der Waals surface area contributed by atoms with E-state index in [2.05, 4.69) is 11.0 Å². The lowest BCUT2D eigenvalue weighted by Gasteiger charge is -2.36. The Balaban J connectivity index is 1.56. The van der Waals surface area contributed by atoms with Crippen LogP contribution in [0.1, 0.15) is 22.7 Å². The van der Waals surface area contributed by atoms with Gasteiger partial charge in [-0.2, -0.15) is 0 Å². The third-order valence-corrected chi connectivity index (χ3v) is 4.97. The van der Waals surface area contributed by atoms with Gasteiger partial charge < -0.3 is 15.4 Å². The highest BCUT2D eigenvalue weighted by Crippen LogP contribution is 2.21. The van der Waals surface area contributed by atoms with Crippen LogP contribution in [0.4, 0.5) is 0 Å². The standard InChI is InChI=1S/C21H27N3O2/c1-16-7-9-17(10-8-16)20(22)21(25)24-13-11-23(12-14-24)15-18-5-3-4-6-19(18)26-2/h3-10,20H,11-15,22H2,1-2H3. The molecule has 0 aromatic heterocycles. The van der Waals surface area contributed by atoms with Crippen molar-refractivity contribution in [1.29, 1.82) is 0 Å². The van der Waals surface area contributed by atoms with Gasteiger partial charge in [0.2, 0.25) is 5.91 Å². The number of hydrogen-bond donors (Lipinski definition) is 1. The topological polar surface area (TPSA) is 58.8 Å². The number of para-hydroxylation sites is 1. The van der Waals surface area contributed by atoms with E-state index in [-0.39, 0.29) is 5.91 Å². The molecule has 1 fully saturated rings. The number of methoxy groups -OCH3 is 1. The second-order valence-electron chi connectivity index (χ2n) is 6.80. The van der Waals surface area contributed by atoms with Gasteiger partial charge in [0.25, 0.3) is 0 Å². The number of benzene rings is 2. The van der Waals surface area contributed by atoms with Gasteiger partial charge in [0.15, 0.2) is 0 Å². The van der Waals surface area contributed by atoms with Crippen molar-refractivity contribution in [2.24, 2.45) is 5.73 Å². The first-order valence-corrected chi connectivity index (χ1v) is 9.03. The fourth-order valence-corrected chi connectivity index (χ4v) is 3.31. The Hall–Kier alpha value is -2.37. The largest absolute Gasteiger partial charge is 0.496 e. The zero-order chi connectivity index (χ0) is 18.5. The highest BCUT2D eigenvalue weighted by molar-refractivity contribution is 5.83. The molecule has 1 aliphatic heterocycles. The second-order valence-corrected chi connectivity index (χ2v) is 6.80. The van der Waals surface area contributed by atoms with E-state index in [9.17, 15) is 4.79 Å². The van der Waals surface area contributed by atoms with Crippen LogP contribution in [-0.2, 0) is 11.3 Å². The van der Waals surface area contributed by atoms with Gasteiger partial charge in [-0.15, -0.1) is 0 Å². The number of hydrogen-bond acceptors (Lipinski definition) is 4. The summed E-state index contributed by atoms with van der Waals surface area (Å²) in [4.78, 5) is 16.9. The summed E-state index contributed by atoms with van der Waals surface area (Å²) in [5.74, 6) is 0.915. The lowest BCUT2D eigenvalue weighted by Crippen LogP contribution is -2.50. The molecule has 0 spiro atoms. The van der Waals surface area contributed by atoms with E-state index in [1.165, 1.54) is 11.1 Å². The highest BCUT2D eigenvalue weighted by atomic mass is 16.5. The minimum atomic E-state index is -0.587. The quantitative estimate of drug-likeness (QED) is 0.896. The molecule has 5 heteroatoms. The summed E-state index contributed by atoms with van der Waals surface area (Å²) >= 11 is 0. The first kappa shape index (κ1) is 18.4. The molecule has 0 saturated carbocycles. The SMILES string of the molecule is COc1ccccc1CN1CCN(C(=O)C(N)c2ccc(C)cc2)CC1. The summed E-state index contributed by atoms with van der Waals surface area (Å²) in [6, 6.07) is 15.4. The van der Waals surface area contributed by atoms with Crippen LogP contribution < -0.4 is 10.5 Å². The molecule has 1 atom stereocenters. The van der Waals surface area contributed by atoms with E-state index in [0.29, 0.717) is 13.1 Å². The first-order chi connectivity index (χ1) is 12.6.